The number of amides is 1. The van der Waals surface area contributed by atoms with E-state index >= 15 is 0 Å². The van der Waals surface area contributed by atoms with Crippen LogP contribution in [0.5, 0.6) is 0 Å². The molecule has 0 bridgehead atoms. The number of aromatic nitrogens is 2. The summed E-state index contributed by atoms with van der Waals surface area (Å²) in [6.07, 6.45) is 9.26. The molecule has 0 unspecified atom stereocenters. The van der Waals surface area contributed by atoms with Gasteiger partial charge in [-0.2, -0.15) is 0 Å². The largest absolute Gasteiger partial charge is 0.319 e. The maximum absolute atomic E-state index is 13.5. The van der Waals surface area contributed by atoms with Crippen molar-refractivity contribution in [3.8, 4) is 11.1 Å². The fourth-order valence-electron chi connectivity index (χ4n) is 7.07. The minimum Gasteiger partial charge on any atom is -0.319 e. The van der Waals surface area contributed by atoms with Gasteiger partial charge in [-0.3, -0.25) is 34.2 Å². The fourth-order valence-corrected chi connectivity index (χ4v) is 7.34. The summed E-state index contributed by atoms with van der Waals surface area (Å²) in [7, 11) is 0. The quantitative estimate of drug-likeness (QED) is 0.163. The number of piperidine rings is 1. The fraction of sp³-hybridized carbons (Fsp3) is 0.375. The molecule has 49 heavy (non-hydrogen) atoms. The van der Waals surface area contributed by atoms with Crippen LogP contribution in [0, 0.1) is 13.8 Å². The molecule has 0 spiro atoms. The number of hydrogen-bond acceptors (Lipinski definition) is 7. The average Bonchev–Trinajstić information content (AvgIpc) is 3.61. The van der Waals surface area contributed by atoms with Gasteiger partial charge in [-0.1, -0.05) is 54.4 Å². The molecule has 2 fully saturated rings. The first-order chi connectivity index (χ1) is 23.7. The van der Waals surface area contributed by atoms with Gasteiger partial charge in [0.05, 0.1) is 16.8 Å². The highest BCUT2D eigenvalue weighted by Gasteiger charge is 2.26. The molecule has 2 aromatic heterocycles. The van der Waals surface area contributed by atoms with Crippen LogP contribution in [0.3, 0.4) is 0 Å². The highest BCUT2D eigenvalue weighted by atomic mass is 35.5. The topological polar surface area (TPSA) is 95.5 Å². The van der Waals surface area contributed by atoms with Gasteiger partial charge in [0.15, 0.2) is 5.78 Å². The second kappa shape index (κ2) is 15.5. The lowest BCUT2D eigenvalue weighted by Gasteiger charge is -2.34. The van der Waals surface area contributed by atoms with E-state index < -0.39 is 0 Å². The number of carbonyl (C=O) groups excluding carboxylic acids is 3. The van der Waals surface area contributed by atoms with Gasteiger partial charge >= 0.3 is 0 Å². The second-order valence-electron chi connectivity index (χ2n) is 13.4. The van der Waals surface area contributed by atoms with E-state index in [2.05, 4.69) is 25.1 Å². The SMILES string of the molecule is CC(=O)[C@@H]1CCCCN1Cc1cnc(C(=O)Cc2cccc(-c3cccc(NC(=O)c4ccc(CN5CCCC5)cn4)c3Cl)c2C)cc1C. The predicted molar refractivity (Wildman–Crippen MR) is 194 cm³/mol. The van der Waals surface area contributed by atoms with Gasteiger partial charge in [0.2, 0.25) is 0 Å². The number of likely N-dealkylation sites (tertiary alicyclic amines) is 2. The molecule has 4 aromatic rings. The normalized spacial score (nSPS) is 16.9. The molecule has 0 aliphatic carbocycles. The van der Waals surface area contributed by atoms with Crippen LogP contribution in [0.15, 0.2) is 67.0 Å². The zero-order valence-corrected chi connectivity index (χ0v) is 29.4. The Morgan fingerprint density at radius 2 is 1.57 bits per heavy atom. The summed E-state index contributed by atoms with van der Waals surface area (Å²) < 4.78 is 0. The number of ketones is 2. The molecule has 6 rings (SSSR count). The zero-order valence-electron chi connectivity index (χ0n) is 28.6. The Morgan fingerprint density at radius 1 is 0.837 bits per heavy atom. The van der Waals surface area contributed by atoms with Gasteiger partial charge in [0.25, 0.3) is 5.91 Å². The molecule has 2 aromatic carbocycles. The molecule has 9 heteroatoms. The van der Waals surface area contributed by atoms with Crippen molar-refractivity contribution in [2.24, 2.45) is 0 Å². The average molecular weight is 678 g/mol. The molecule has 2 aliphatic rings. The Morgan fingerprint density at radius 3 is 2.31 bits per heavy atom. The minimum absolute atomic E-state index is 0.0473. The van der Waals surface area contributed by atoms with Crippen LogP contribution in [0.1, 0.15) is 87.8 Å². The zero-order chi connectivity index (χ0) is 34.5. The summed E-state index contributed by atoms with van der Waals surface area (Å²) in [6.45, 7) is 10.2. The number of Topliss-reactive ketones (excluding diaryl/α,β-unsaturated/α-hetero) is 2. The number of carbonyl (C=O) groups is 3. The standard InChI is InChI=1S/C40H44ClN5O3/c1-26-20-36(43-23-31(26)25-46-19-5-4-14-37(46)28(3)47)38(48)21-30-10-8-11-32(27(30)2)33-12-9-13-34(39(33)41)44-40(49)35-16-15-29(22-42-35)24-45-17-6-7-18-45/h8-13,15-16,20,22-23,37H,4-7,14,17-19,21,24-25H2,1-3H3,(H,44,49)/t37-/m0/s1. The Hall–Kier alpha value is -4.24. The molecular weight excluding hydrogens is 634 g/mol. The van der Waals surface area contributed by atoms with Gasteiger partial charge in [0, 0.05) is 37.5 Å². The number of pyridine rings is 2. The number of halogens is 1. The first-order valence-corrected chi connectivity index (χ1v) is 17.6. The number of rotatable bonds is 11. The van der Waals surface area contributed by atoms with E-state index in [9.17, 15) is 14.4 Å². The monoisotopic (exact) mass is 677 g/mol. The van der Waals surface area contributed by atoms with Crippen molar-refractivity contribution in [2.75, 3.05) is 25.0 Å². The Bertz CT molecular complexity index is 1850. The molecule has 1 N–H and O–H groups in total. The summed E-state index contributed by atoms with van der Waals surface area (Å²) >= 11 is 6.91. The summed E-state index contributed by atoms with van der Waals surface area (Å²) in [5.41, 5.74) is 7.83. The molecular formula is C40H44ClN5O3. The van der Waals surface area contributed by atoms with E-state index in [1.807, 2.05) is 56.3 Å². The number of anilines is 1. The highest BCUT2D eigenvalue weighted by molar-refractivity contribution is 6.36. The maximum Gasteiger partial charge on any atom is 0.274 e. The number of benzene rings is 2. The molecule has 2 saturated heterocycles. The lowest BCUT2D eigenvalue weighted by atomic mass is 9.93. The predicted octanol–water partition coefficient (Wildman–Crippen LogP) is 7.63. The van der Waals surface area contributed by atoms with Crippen molar-refractivity contribution in [1.29, 1.82) is 0 Å². The van der Waals surface area contributed by atoms with Crippen LogP contribution in [0.4, 0.5) is 5.69 Å². The number of nitrogens with zero attached hydrogens (tertiary/aromatic N) is 4. The number of hydrogen-bond donors (Lipinski definition) is 1. The van der Waals surface area contributed by atoms with Crippen LogP contribution < -0.4 is 5.32 Å². The van der Waals surface area contributed by atoms with Crippen LogP contribution in [0.25, 0.3) is 11.1 Å². The van der Waals surface area contributed by atoms with Crippen LogP contribution in [0.2, 0.25) is 5.02 Å². The van der Waals surface area contributed by atoms with Crippen LogP contribution in [-0.4, -0.2) is 62.9 Å². The smallest absolute Gasteiger partial charge is 0.274 e. The number of aryl methyl sites for hydroxylation is 1. The van der Waals surface area contributed by atoms with Gasteiger partial charge in [0.1, 0.15) is 17.2 Å². The third-order valence-corrected chi connectivity index (χ3v) is 10.4. The summed E-state index contributed by atoms with van der Waals surface area (Å²) in [4.78, 5) is 52.4. The molecule has 1 amide bonds. The molecule has 8 nitrogen and oxygen atoms in total. The van der Waals surface area contributed by atoms with Gasteiger partial charge < -0.3 is 5.32 Å². The van der Waals surface area contributed by atoms with Crippen molar-refractivity contribution in [1.82, 2.24) is 19.8 Å². The van der Waals surface area contributed by atoms with E-state index in [1.165, 1.54) is 12.8 Å². The minimum atomic E-state index is -0.328. The molecule has 0 radical (unpaired) electrons. The van der Waals surface area contributed by atoms with Gasteiger partial charge in [-0.25, -0.2) is 0 Å². The Labute approximate surface area is 293 Å². The van der Waals surface area contributed by atoms with Crippen molar-refractivity contribution in [2.45, 2.75) is 78.4 Å². The van der Waals surface area contributed by atoms with E-state index in [1.54, 1.807) is 31.5 Å². The summed E-state index contributed by atoms with van der Waals surface area (Å²) in [5, 5.41) is 3.35. The third-order valence-electron chi connectivity index (χ3n) is 9.96. The molecule has 4 heterocycles. The van der Waals surface area contributed by atoms with E-state index in [0.29, 0.717) is 28.6 Å². The van der Waals surface area contributed by atoms with E-state index in [-0.39, 0.29) is 29.9 Å². The van der Waals surface area contributed by atoms with Gasteiger partial charge in [-0.15, -0.1) is 0 Å². The highest BCUT2D eigenvalue weighted by Crippen LogP contribution is 2.37. The van der Waals surface area contributed by atoms with Crippen molar-refractivity contribution in [3.63, 3.8) is 0 Å². The van der Waals surface area contributed by atoms with E-state index in [0.717, 1.165) is 84.4 Å². The van der Waals surface area contributed by atoms with E-state index in [4.69, 9.17) is 11.6 Å². The van der Waals surface area contributed by atoms with Crippen molar-refractivity contribution < 1.29 is 14.4 Å². The lowest BCUT2D eigenvalue weighted by Crippen LogP contribution is -2.43. The van der Waals surface area contributed by atoms with Crippen LogP contribution >= 0.6 is 11.6 Å². The summed E-state index contributed by atoms with van der Waals surface area (Å²) in [5.74, 6) is -0.190. The van der Waals surface area contributed by atoms with Gasteiger partial charge in [-0.05, 0) is 118 Å². The third kappa shape index (κ3) is 8.15. The first-order valence-electron chi connectivity index (χ1n) is 17.3. The maximum atomic E-state index is 13.5. The first kappa shape index (κ1) is 34.6. The molecule has 2 aliphatic heterocycles. The summed E-state index contributed by atoms with van der Waals surface area (Å²) in [6, 6.07) is 16.9. The van der Waals surface area contributed by atoms with Crippen molar-refractivity contribution >= 4 is 34.8 Å². The Kier molecular flexibility index (Phi) is 11.0. The van der Waals surface area contributed by atoms with Crippen LogP contribution in [-0.2, 0) is 24.3 Å². The molecule has 0 saturated carbocycles. The van der Waals surface area contributed by atoms with Crippen molar-refractivity contribution in [3.05, 3.63) is 111 Å². The number of nitrogens with one attached hydrogen (secondary N) is 1. The molecule has 254 valence electrons. The Balaban J connectivity index is 1.14. The lowest BCUT2D eigenvalue weighted by molar-refractivity contribution is -0.123. The second-order valence-corrected chi connectivity index (χ2v) is 13.8. The molecule has 1 atom stereocenters.